The summed E-state index contributed by atoms with van der Waals surface area (Å²) >= 11 is 0. The molecule has 0 spiro atoms. The number of rotatable bonds is 7. The molecule has 1 fully saturated rings. The molecule has 0 bridgehead atoms. The maximum Gasteiger partial charge on any atom is 0.864 e. The minimum atomic E-state index is -0.866. The van der Waals surface area contributed by atoms with Gasteiger partial charge in [-0.05, 0) is 54.7 Å². The molecule has 0 heterocycles. The second-order valence-electron chi connectivity index (χ2n) is 7.14. The standard InChI is InChI=1S/C24H25BO3/c1-4-12-20(13-5-1)23-18-10-11-19-24(23)28-25(26-21-14-6-2-7-15-21)27-22-16-8-3-9-17-22/h2-3,6-11,14-20H,1,4-5,12-13H2. The summed E-state index contributed by atoms with van der Waals surface area (Å²) in [6.07, 6.45) is 6.32. The maximum atomic E-state index is 6.26. The molecule has 0 aliphatic heterocycles. The zero-order chi connectivity index (χ0) is 19.0. The molecule has 0 saturated heterocycles. The molecular weight excluding hydrogens is 347 g/mol. The van der Waals surface area contributed by atoms with Crippen molar-refractivity contribution >= 4 is 7.32 Å². The van der Waals surface area contributed by atoms with Gasteiger partial charge in [0.15, 0.2) is 0 Å². The molecule has 1 saturated carbocycles. The first-order valence-electron chi connectivity index (χ1n) is 10.1. The van der Waals surface area contributed by atoms with Gasteiger partial charge in [0.2, 0.25) is 0 Å². The van der Waals surface area contributed by atoms with Crippen LogP contribution in [0.4, 0.5) is 0 Å². The molecule has 3 nitrogen and oxygen atoms in total. The monoisotopic (exact) mass is 372 g/mol. The van der Waals surface area contributed by atoms with Gasteiger partial charge in [-0.25, -0.2) is 0 Å². The molecule has 3 aromatic rings. The second kappa shape index (κ2) is 9.36. The average Bonchev–Trinajstić information content (AvgIpc) is 2.76. The Labute approximate surface area is 167 Å². The minimum absolute atomic E-state index is 0.541. The van der Waals surface area contributed by atoms with Crippen LogP contribution in [0.5, 0.6) is 17.2 Å². The summed E-state index contributed by atoms with van der Waals surface area (Å²) in [7, 11) is -0.866. The van der Waals surface area contributed by atoms with Crippen LogP contribution in [0.25, 0.3) is 0 Å². The first-order chi connectivity index (χ1) is 13.9. The van der Waals surface area contributed by atoms with Gasteiger partial charge in [0.1, 0.15) is 17.2 Å². The van der Waals surface area contributed by atoms with E-state index in [4.69, 9.17) is 14.0 Å². The Bertz CT molecular complexity index is 806. The fraction of sp³-hybridized carbons (Fsp3) is 0.250. The Kier molecular flexibility index (Phi) is 6.18. The number of hydrogen-bond acceptors (Lipinski definition) is 3. The lowest BCUT2D eigenvalue weighted by Crippen LogP contribution is -2.37. The Morgan fingerprint density at radius 3 is 1.71 bits per heavy atom. The predicted molar refractivity (Wildman–Crippen MR) is 113 cm³/mol. The van der Waals surface area contributed by atoms with Crippen LogP contribution in [-0.2, 0) is 0 Å². The van der Waals surface area contributed by atoms with Crippen LogP contribution >= 0.6 is 0 Å². The first-order valence-corrected chi connectivity index (χ1v) is 10.1. The normalized spacial score (nSPS) is 14.3. The molecule has 0 atom stereocenters. The van der Waals surface area contributed by atoms with Gasteiger partial charge in [0.05, 0.1) is 0 Å². The van der Waals surface area contributed by atoms with Crippen molar-refractivity contribution in [2.24, 2.45) is 0 Å². The first kappa shape index (κ1) is 18.5. The molecule has 3 aromatic carbocycles. The van der Waals surface area contributed by atoms with E-state index in [1.165, 1.54) is 37.7 Å². The zero-order valence-corrected chi connectivity index (χ0v) is 16.0. The van der Waals surface area contributed by atoms with Crippen LogP contribution in [0.2, 0.25) is 0 Å². The van der Waals surface area contributed by atoms with Crippen LogP contribution in [0.15, 0.2) is 84.9 Å². The Morgan fingerprint density at radius 2 is 1.11 bits per heavy atom. The van der Waals surface area contributed by atoms with E-state index in [9.17, 15) is 0 Å². The highest BCUT2D eigenvalue weighted by Gasteiger charge is 2.32. The van der Waals surface area contributed by atoms with Gasteiger partial charge in [-0.15, -0.1) is 0 Å². The fourth-order valence-corrected chi connectivity index (χ4v) is 3.73. The zero-order valence-electron chi connectivity index (χ0n) is 16.0. The van der Waals surface area contributed by atoms with E-state index in [2.05, 4.69) is 12.1 Å². The van der Waals surface area contributed by atoms with Crippen molar-refractivity contribution in [2.45, 2.75) is 38.0 Å². The average molecular weight is 372 g/mol. The van der Waals surface area contributed by atoms with E-state index >= 15 is 0 Å². The quantitative estimate of drug-likeness (QED) is 0.459. The van der Waals surface area contributed by atoms with Gasteiger partial charge in [-0.1, -0.05) is 73.9 Å². The van der Waals surface area contributed by atoms with Crippen molar-refractivity contribution in [3.8, 4) is 17.2 Å². The molecule has 0 N–H and O–H groups in total. The van der Waals surface area contributed by atoms with E-state index in [1.807, 2.05) is 72.8 Å². The van der Waals surface area contributed by atoms with Crippen molar-refractivity contribution < 1.29 is 14.0 Å². The van der Waals surface area contributed by atoms with Crippen molar-refractivity contribution in [1.82, 2.24) is 0 Å². The van der Waals surface area contributed by atoms with Gasteiger partial charge >= 0.3 is 7.32 Å². The summed E-state index contributed by atoms with van der Waals surface area (Å²) in [4.78, 5) is 0. The Morgan fingerprint density at radius 1 is 0.571 bits per heavy atom. The maximum absolute atomic E-state index is 6.26. The topological polar surface area (TPSA) is 27.7 Å². The molecule has 1 aliphatic rings. The van der Waals surface area contributed by atoms with E-state index in [0.29, 0.717) is 17.4 Å². The smallest absolute Gasteiger partial charge is 0.490 e. The van der Waals surface area contributed by atoms with Crippen molar-refractivity contribution in [3.05, 3.63) is 90.5 Å². The summed E-state index contributed by atoms with van der Waals surface area (Å²) in [5.74, 6) is 2.79. The van der Waals surface area contributed by atoms with E-state index < -0.39 is 7.32 Å². The lowest BCUT2D eigenvalue weighted by Gasteiger charge is -2.25. The van der Waals surface area contributed by atoms with E-state index in [-0.39, 0.29) is 0 Å². The predicted octanol–water partition coefficient (Wildman–Crippen LogP) is 6.26. The lowest BCUT2D eigenvalue weighted by atomic mass is 9.83. The fourth-order valence-electron chi connectivity index (χ4n) is 3.73. The summed E-state index contributed by atoms with van der Waals surface area (Å²) in [5.41, 5.74) is 1.25. The molecule has 142 valence electrons. The Hall–Kier alpha value is -2.88. The molecule has 1 aliphatic carbocycles. The van der Waals surface area contributed by atoms with Crippen molar-refractivity contribution in [3.63, 3.8) is 0 Å². The SMILES string of the molecule is c1ccc(OB(Oc2ccccc2)Oc2ccccc2C2CCCCC2)cc1. The van der Waals surface area contributed by atoms with E-state index in [1.54, 1.807) is 0 Å². The van der Waals surface area contributed by atoms with Crippen LogP contribution in [0.1, 0.15) is 43.6 Å². The molecular formula is C24H25BO3. The molecule has 4 heteroatoms. The van der Waals surface area contributed by atoms with Crippen LogP contribution < -0.4 is 14.0 Å². The second-order valence-corrected chi connectivity index (χ2v) is 7.14. The van der Waals surface area contributed by atoms with Crippen LogP contribution in [-0.4, -0.2) is 7.32 Å². The van der Waals surface area contributed by atoms with Crippen molar-refractivity contribution in [1.29, 1.82) is 0 Å². The largest absolute Gasteiger partial charge is 0.864 e. The lowest BCUT2D eigenvalue weighted by molar-refractivity contribution is 0.303. The third-order valence-electron chi connectivity index (χ3n) is 5.14. The van der Waals surface area contributed by atoms with E-state index in [0.717, 1.165) is 5.75 Å². The molecule has 0 radical (unpaired) electrons. The van der Waals surface area contributed by atoms with Gasteiger partial charge in [-0.3, -0.25) is 0 Å². The Balaban J connectivity index is 1.56. The van der Waals surface area contributed by atoms with Gasteiger partial charge in [-0.2, -0.15) is 0 Å². The molecule has 0 amide bonds. The van der Waals surface area contributed by atoms with Gasteiger partial charge in [0.25, 0.3) is 0 Å². The minimum Gasteiger partial charge on any atom is -0.490 e. The number of para-hydroxylation sites is 3. The highest BCUT2D eigenvalue weighted by atomic mass is 16.7. The van der Waals surface area contributed by atoms with Crippen LogP contribution in [0.3, 0.4) is 0 Å². The number of hydrogen-bond donors (Lipinski definition) is 0. The van der Waals surface area contributed by atoms with Crippen LogP contribution in [0, 0.1) is 0 Å². The summed E-state index contributed by atoms with van der Waals surface area (Å²) in [6, 6.07) is 27.5. The summed E-state index contributed by atoms with van der Waals surface area (Å²) in [6.45, 7) is 0. The summed E-state index contributed by atoms with van der Waals surface area (Å²) in [5, 5.41) is 0. The number of benzene rings is 3. The highest BCUT2D eigenvalue weighted by Crippen LogP contribution is 2.37. The molecule has 28 heavy (non-hydrogen) atoms. The molecule has 0 unspecified atom stereocenters. The summed E-state index contributed by atoms with van der Waals surface area (Å²) < 4.78 is 18.3. The van der Waals surface area contributed by atoms with Gasteiger partial charge in [0, 0.05) is 0 Å². The molecule has 4 rings (SSSR count). The highest BCUT2D eigenvalue weighted by molar-refractivity contribution is 6.39. The van der Waals surface area contributed by atoms with Gasteiger partial charge < -0.3 is 14.0 Å². The van der Waals surface area contributed by atoms with Crippen molar-refractivity contribution in [2.75, 3.05) is 0 Å². The molecule has 0 aromatic heterocycles. The third-order valence-corrected chi connectivity index (χ3v) is 5.14. The third kappa shape index (κ3) is 4.89.